The van der Waals surface area contributed by atoms with Crippen molar-refractivity contribution < 1.29 is 18.9 Å². The number of fused-ring (bicyclic) bond motifs is 8. The average Bonchev–Trinajstić information content (AvgIpc) is 3.05. The maximum atomic E-state index is 6.63. The third-order valence-corrected chi connectivity index (χ3v) is 10.2. The SMILES string of the molecule is CCCOc1c2cccc1Cc1c(I)ccc(c1OCCC)Cc1cccc(c1OCCC)Cc1c(I)ccc(c1OCCC)C2. The number of para-hydroxylation sites is 2. The first-order valence-corrected chi connectivity index (χ1v) is 19.0. The quantitative estimate of drug-likeness (QED) is 0.117. The zero-order valence-electron chi connectivity index (χ0n) is 27.6. The van der Waals surface area contributed by atoms with E-state index in [2.05, 4.69) is 134 Å². The molecule has 5 rings (SSSR count). The largest absolute Gasteiger partial charge is 0.493 e. The zero-order valence-corrected chi connectivity index (χ0v) is 32.0. The molecule has 0 aliphatic heterocycles. The molecule has 0 spiro atoms. The summed E-state index contributed by atoms with van der Waals surface area (Å²) in [5, 5.41) is 0. The molecule has 6 heteroatoms. The minimum atomic E-state index is 0.673. The van der Waals surface area contributed by atoms with Crippen molar-refractivity contribution >= 4 is 45.2 Å². The van der Waals surface area contributed by atoms with Gasteiger partial charge in [-0.05, 0) is 116 Å². The van der Waals surface area contributed by atoms with E-state index in [1.54, 1.807) is 0 Å². The molecule has 244 valence electrons. The van der Waals surface area contributed by atoms with Crippen molar-refractivity contribution in [2.24, 2.45) is 0 Å². The monoisotopic (exact) mass is 844 g/mol. The van der Waals surface area contributed by atoms with Crippen LogP contribution in [0.15, 0.2) is 60.7 Å². The van der Waals surface area contributed by atoms with E-state index >= 15 is 0 Å². The first-order valence-electron chi connectivity index (χ1n) is 16.8. The molecule has 1 aliphatic rings. The summed E-state index contributed by atoms with van der Waals surface area (Å²) in [6.45, 7) is 11.4. The van der Waals surface area contributed by atoms with Gasteiger partial charge in [-0.25, -0.2) is 0 Å². The van der Waals surface area contributed by atoms with E-state index in [1.165, 1.54) is 51.6 Å². The Bertz CT molecular complexity index is 1510. The van der Waals surface area contributed by atoms with E-state index in [0.29, 0.717) is 26.4 Å². The number of hydrogen-bond donors (Lipinski definition) is 0. The van der Waals surface area contributed by atoms with E-state index < -0.39 is 0 Å². The second-order valence-electron chi connectivity index (χ2n) is 11.9. The van der Waals surface area contributed by atoms with Crippen LogP contribution < -0.4 is 18.9 Å². The van der Waals surface area contributed by atoms with Gasteiger partial charge in [0.15, 0.2) is 0 Å². The van der Waals surface area contributed by atoms with Gasteiger partial charge >= 0.3 is 0 Å². The molecule has 4 aromatic carbocycles. The number of halogens is 2. The van der Waals surface area contributed by atoms with E-state index in [1.807, 2.05) is 0 Å². The molecule has 0 radical (unpaired) electrons. The fourth-order valence-electron chi connectivity index (χ4n) is 6.08. The normalized spacial score (nSPS) is 12.5. The molecule has 0 saturated carbocycles. The van der Waals surface area contributed by atoms with Crippen LogP contribution >= 0.6 is 45.2 Å². The van der Waals surface area contributed by atoms with Gasteiger partial charge in [0, 0.05) is 44.0 Å². The predicted octanol–water partition coefficient (Wildman–Crippen LogP) is 10.7. The molecular formula is C40H46I2O4. The maximum Gasteiger partial charge on any atom is 0.127 e. The summed E-state index contributed by atoms with van der Waals surface area (Å²) >= 11 is 4.95. The third kappa shape index (κ3) is 8.15. The third-order valence-electron chi connectivity index (χ3n) is 8.22. The fourth-order valence-corrected chi connectivity index (χ4v) is 7.31. The molecule has 8 bridgehead atoms. The zero-order chi connectivity index (χ0) is 32.5. The number of ether oxygens (including phenoxy) is 4. The summed E-state index contributed by atoms with van der Waals surface area (Å²) in [6.07, 6.45) is 6.71. The van der Waals surface area contributed by atoms with Gasteiger partial charge in [0.1, 0.15) is 23.0 Å². The molecule has 0 atom stereocenters. The predicted molar refractivity (Wildman–Crippen MR) is 206 cm³/mol. The summed E-state index contributed by atoms with van der Waals surface area (Å²) in [5.41, 5.74) is 9.54. The van der Waals surface area contributed by atoms with Crippen molar-refractivity contribution in [3.8, 4) is 23.0 Å². The Balaban J connectivity index is 1.79. The molecule has 46 heavy (non-hydrogen) atoms. The number of benzene rings is 4. The minimum Gasteiger partial charge on any atom is -0.493 e. The Morgan fingerprint density at radius 3 is 1.07 bits per heavy atom. The van der Waals surface area contributed by atoms with Crippen LogP contribution in [0.2, 0.25) is 0 Å². The van der Waals surface area contributed by atoms with Crippen molar-refractivity contribution in [1.82, 2.24) is 0 Å². The second kappa shape index (κ2) is 17.1. The highest BCUT2D eigenvalue weighted by Crippen LogP contribution is 2.41. The van der Waals surface area contributed by atoms with E-state index in [-0.39, 0.29) is 0 Å². The lowest BCUT2D eigenvalue weighted by Gasteiger charge is -2.23. The summed E-state index contributed by atoms with van der Waals surface area (Å²) in [5.74, 6) is 3.96. The smallest absolute Gasteiger partial charge is 0.127 e. The number of hydrogen-bond acceptors (Lipinski definition) is 4. The lowest BCUT2D eigenvalue weighted by Crippen LogP contribution is -2.11. The van der Waals surface area contributed by atoms with Gasteiger partial charge in [-0.2, -0.15) is 0 Å². The lowest BCUT2D eigenvalue weighted by atomic mass is 9.91. The maximum absolute atomic E-state index is 6.63. The van der Waals surface area contributed by atoms with Crippen molar-refractivity contribution in [2.45, 2.75) is 79.1 Å². The van der Waals surface area contributed by atoms with Crippen molar-refractivity contribution in [3.63, 3.8) is 0 Å². The van der Waals surface area contributed by atoms with Gasteiger partial charge in [0.25, 0.3) is 0 Å². The van der Waals surface area contributed by atoms with E-state index in [0.717, 1.165) is 74.4 Å². The Morgan fingerprint density at radius 1 is 0.413 bits per heavy atom. The van der Waals surface area contributed by atoms with Crippen LogP contribution in [-0.2, 0) is 25.7 Å². The Morgan fingerprint density at radius 2 is 0.717 bits per heavy atom. The van der Waals surface area contributed by atoms with Gasteiger partial charge in [-0.15, -0.1) is 0 Å². The van der Waals surface area contributed by atoms with Gasteiger partial charge in [-0.1, -0.05) is 76.2 Å². The summed E-state index contributed by atoms with van der Waals surface area (Å²) in [7, 11) is 0. The van der Waals surface area contributed by atoms with Crippen LogP contribution in [0.3, 0.4) is 0 Å². The van der Waals surface area contributed by atoms with Crippen molar-refractivity contribution in [1.29, 1.82) is 0 Å². The average molecular weight is 845 g/mol. The minimum absolute atomic E-state index is 0.673. The molecular weight excluding hydrogens is 798 g/mol. The molecule has 0 heterocycles. The highest BCUT2D eigenvalue weighted by molar-refractivity contribution is 14.1. The van der Waals surface area contributed by atoms with Gasteiger partial charge in [0.2, 0.25) is 0 Å². The van der Waals surface area contributed by atoms with Crippen LogP contribution in [0.1, 0.15) is 97.9 Å². The Labute approximate surface area is 302 Å². The van der Waals surface area contributed by atoms with Crippen LogP contribution in [-0.4, -0.2) is 26.4 Å². The molecule has 0 aromatic heterocycles. The van der Waals surface area contributed by atoms with Crippen LogP contribution in [0.25, 0.3) is 0 Å². The van der Waals surface area contributed by atoms with Crippen molar-refractivity contribution in [2.75, 3.05) is 26.4 Å². The molecule has 4 nitrogen and oxygen atoms in total. The van der Waals surface area contributed by atoms with E-state index in [9.17, 15) is 0 Å². The molecule has 0 N–H and O–H groups in total. The van der Waals surface area contributed by atoms with Gasteiger partial charge in [0.05, 0.1) is 26.4 Å². The topological polar surface area (TPSA) is 36.9 Å². The van der Waals surface area contributed by atoms with Crippen LogP contribution in [0.5, 0.6) is 23.0 Å². The summed E-state index contributed by atoms with van der Waals surface area (Å²) < 4.78 is 28.9. The first kappa shape index (κ1) is 34.9. The Hall–Kier alpha value is -2.46. The standard InChI is InChI=1S/C40H46I2O4/c1-5-19-43-37-27-11-9-13-29(37)25-33-35(41)18-16-32(40(33)46-22-8-4)24-28-12-10-14-30(38(28)44-20-6-2)26-34-36(42)17-15-31(23-27)39(34)45-21-7-3/h9-18H,5-8,19-26H2,1-4H3. The van der Waals surface area contributed by atoms with Crippen LogP contribution in [0, 0.1) is 7.14 Å². The summed E-state index contributed by atoms with van der Waals surface area (Å²) in [4.78, 5) is 0. The second-order valence-corrected chi connectivity index (χ2v) is 14.3. The highest BCUT2D eigenvalue weighted by atomic mass is 127. The fraction of sp³-hybridized carbons (Fsp3) is 0.400. The molecule has 0 unspecified atom stereocenters. The Kier molecular flexibility index (Phi) is 13.0. The van der Waals surface area contributed by atoms with Crippen LogP contribution in [0.4, 0.5) is 0 Å². The van der Waals surface area contributed by atoms with E-state index in [4.69, 9.17) is 18.9 Å². The molecule has 0 amide bonds. The first-order chi connectivity index (χ1) is 22.5. The molecule has 1 aliphatic carbocycles. The van der Waals surface area contributed by atoms with Crippen molar-refractivity contribution in [3.05, 3.63) is 112 Å². The lowest BCUT2D eigenvalue weighted by molar-refractivity contribution is 0.304. The van der Waals surface area contributed by atoms with Gasteiger partial charge in [-0.3, -0.25) is 0 Å². The van der Waals surface area contributed by atoms with Gasteiger partial charge < -0.3 is 18.9 Å². The molecule has 0 saturated heterocycles. The number of rotatable bonds is 12. The highest BCUT2D eigenvalue weighted by Gasteiger charge is 2.23. The molecule has 4 aromatic rings. The summed E-state index contributed by atoms with van der Waals surface area (Å²) in [6, 6.07) is 22.2. The molecule has 0 fully saturated rings.